The summed E-state index contributed by atoms with van der Waals surface area (Å²) in [5, 5.41) is 3.07. The van der Waals surface area contributed by atoms with E-state index in [0.717, 1.165) is 5.76 Å². The summed E-state index contributed by atoms with van der Waals surface area (Å²) in [6, 6.07) is 5.12. The molecule has 0 aliphatic heterocycles. The SMILES string of the molecule is CCOC(=O)c1cc(N)ncc1NCc1ccco1. The molecular weight excluding hydrogens is 246 g/mol. The molecular formula is C13H15N3O3. The third kappa shape index (κ3) is 3.25. The minimum absolute atomic E-state index is 0.270. The predicted molar refractivity (Wildman–Crippen MR) is 70.6 cm³/mol. The number of nitrogens with zero attached hydrogens (tertiary/aromatic N) is 1. The van der Waals surface area contributed by atoms with Crippen LogP contribution in [0, 0.1) is 0 Å². The molecule has 0 atom stereocenters. The average molecular weight is 261 g/mol. The lowest BCUT2D eigenvalue weighted by Crippen LogP contribution is -2.11. The van der Waals surface area contributed by atoms with Crippen molar-refractivity contribution in [3.63, 3.8) is 0 Å². The number of pyridine rings is 1. The van der Waals surface area contributed by atoms with Crippen molar-refractivity contribution < 1.29 is 13.9 Å². The van der Waals surface area contributed by atoms with Gasteiger partial charge in [-0.1, -0.05) is 0 Å². The first-order valence-corrected chi connectivity index (χ1v) is 5.89. The van der Waals surface area contributed by atoms with Gasteiger partial charge in [0.05, 0.1) is 36.9 Å². The first-order chi connectivity index (χ1) is 9.20. The molecule has 0 aliphatic carbocycles. The van der Waals surface area contributed by atoms with Crippen LogP contribution in [0.2, 0.25) is 0 Å². The van der Waals surface area contributed by atoms with Crippen molar-refractivity contribution in [2.45, 2.75) is 13.5 Å². The summed E-state index contributed by atoms with van der Waals surface area (Å²) < 4.78 is 10.2. The van der Waals surface area contributed by atoms with Crippen molar-refractivity contribution in [3.8, 4) is 0 Å². The fourth-order valence-electron chi connectivity index (χ4n) is 1.59. The summed E-state index contributed by atoms with van der Waals surface area (Å²) in [5.41, 5.74) is 6.51. The van der Waals surface area contributed by atoms with Gasteiger partial charge in [0.15, 0.2) is 0 Å². The molecule has 6 heteroatoms. The molecule has 2 rings (SSSR count). The van der Waals surface area contributed by atoms with Gasteiger partial charge in [0.25, 0.3) is 0 Å². The summed E-state index contributed by atoms with van der Waals surface area (Å²) in [6.45, 7) is 2.50. The van der Waals surface area contributed by atoms with Crippen LogP contribution in [0.15, 0.2) is 35.1 Å². The minimum Gasteiger partial charge on any atom is -0.467 e. The zero-order valence-electron chi connectivity index (χ0n) is 10.6. The Morgan fingerprint density at radius 2 is 2.42 bits per heavy atom. The van der Waals surface area contributed by atoms with E-state index in [2.05, 4.69) is 10.3 Å². The van der Waals surface area contributed by atoms with Crippen molar-refractivity contribution in [1.29, 1.82) is 0 Å². The number of ether oxygens (including phenoxy) is 1. The molecule has 2 heterocycles. The Hall–Kier alpha value is -2.50. The van der Waals surface area contributed by atoms with Crippen LogP contribution in [0.3, 0.4) is 0 Å². The van der Waals surface area contributed by atoms with E-state index in [9.17, 15) is 4.79 Å². The second-order valence-electron chi connectivity index (χ2n) is 3.81. The van der Waals surface area contributed by atoms with Crippen molar-refractivity contribution in [2.24, 2.45) is 0 Å². The summed E-state index contributed by atoms with van der Waals surface area (Å²) in [4.78, 5) is 15.8. The Balaban J connectivity index is 2.16. The third-order valence-corrected chi connectivity index (χ3v) is 2.45. The van der Waals surface area contributed by atoms with Crippen molar-refractivity contribution >= 4 is 17.5 Å². The van der Waals surface area contributed by atoms with Gasteiger partial charge in [0, 0.05) is 0 Å². The Morgan fingerprint density at radius 1 is 1.58 bits per heavy atom. The number of esters is 1. The molecule has 0 radical (unpaired) electrons. The highest BCUT2D eigenvalue weighted by Crippen LogP contribution is 2.18. The second kappa shape index (κ2) is 5.90. The largest absolute Gasteiger partial charge is 0.467 e. The van der Waals surface area contributed by atoms with Gasteiger partial charge in [-0.25, -0.2) is 9.78 Å². The van der Waals surface area contributed by atoms with Gasteiger partial charge in [-0.3, -0.25) is 0 Å². The summed E-state index contributed by atoms with van der Waals surface area (Å²) >= 11 is 0. The number of rotatable bonds is 5. The number of furan rings is 1. The van der Waals surface area contributed by atoms with E-state index in [-0.39, 0.29) is 5.82 Å². The Labute approximate surface area is 110 Å². The predicted octanol–water partition coefficient (Wildman–Crippen LogP) is 2.05. The highest BCUT2D eigenvalue weighted by atomic mass is 16.5. The molecule has 19 heavy (non-hydrogen) atoms. The van der Waals surface area contributed by atoms with E-state index < -0.39 is 5.97 Å². The smallest absolute Gasteiger partial charge is 0.340 e. The Bertz CT molecular complexity index is 552. The van der Waals surface area contributed by atoms with Crippen LogP contribution < -0.4 is 11.1 Å². The number of hydrogen-bond acceptors (Lipinski definition) is 6. The van der Waals surface area contributed by atoms with Crippen molar-refractivity contribution in [3.05, 3.63) is 42.0 Å². The molecule has 0 unspecified atom stereocenters. The Kier molecular flexibility index (Phi) is 4.02. The molecule has 0 aliphatic rings. The molecule has 2 aromatic heterocycles. The maximum atomic E-state index is 11.8. The zero-order valence-corrected chi connectivity index (χ0v) is 10.6. The number of nitrogens with one attached hydrogen (secondary N) is 1. The van der Waals surface area contributed by atoms with Crippen molar-refractivity contribution in [1.82, 2.24) is 4.98 Å². The molecule has 3 N–H and O–H groups in total. The highest BCUT2D eigenvalue weighted by molar-refractivity contribution is 5.96. The van der Waals surface area contributed by atoms with Gasteiger partial charge in [-0.2, -0.15) is 0 Å². The van der Waals surface area contributed by atoms with Gasteiger partial charge in [0.2, 0.25) is 0 Å². The third-order valence-electron chi connectivity index (χ3n) is 2.45. The minimum atomic E-state index is -0.432. The van der Waals surface area contributed by atoms with E-state index in [0.29, 0.717) is 24.4 Å². The molecule has 2 aromatic rings. The number of anilines is 2. The van der Waals surface area contributed by atoms with Crippen LogP contribution in [-0.4, -0.2) is 17.6 Å². The topological polar surface area (TPSA) is 90.4 Å². The van der Waals surface area contributed by atoms with Crippen LogP contribution in [0.5, 0.6) is 0 Å². The van der Waals surface area contributed by atoms with Gasteiger partial charge in [0.1, 0.15) is 11.6 Å². The molecule has 0 saturated carbocycles. The van der Waals surface area contributed by atoms with E-state index in [1.54, 1.807) is 19.3 Å². The van der Waals surface area contributed by atoms with Crippen LogP contribution in [0.25, 0.3) is 0 Å². The van der Waals surface area contributed by atoms with Crippen LogP contribution in [0.4, 0.5) is 11.5 Å². The van der Waals surface area contributed by atoms with Crippen LogP contribution in [0.1, 0.15) is 23.0 Å². The fraction of sp³-hybridized carbons (Fsp3) is 0.231. The first kappa shape index (κ1) is 12.9. The summed E-state index contributed by atoms with van der Waals surface area (Å²) in [7, 11) is 0. The van der Waals surface area contributed by atoms with E-state index in [1.807, 2.05) is 6.07 Å². The lowest BCUT2D eigenvalue weighted by Gasteiger charge is -2.10. The number of aromatic nitrogens is 1. The average Bonchev–Trinajstić information content (AvgIpc) is 2.90. The standard InChI is InChI=1S/C13H15N3O3/c1-2-18-13(17)10-6-12(14)16-8-11(10)15-7-9-4-3-5-19-9/h3-6,8,15H,2,7H2,1H3,(H2,14,16). The molecule has 0 bridgehead atoms. The van der Waals surface area contributed by atoms with Gasteiger partial charge in [-0.05, 0) is 25.1 Å². The number of hydrogen-bond donors (Lipinski definition) is 2. The van der Waals surface area contributed by atoms with E-state index >= 15 is 0 Å². The monoisotopic (exact) mass is 261 g/mol. The van der Waals surface area contributed by atoms with Gasteiger partial charge >= 0.3 is 5.97 Å². The van der Waals surface area contributed by atoms with Gasteiger partial charge in [-0.15, -0.1) is 0 Å². The summed E-state index contributed by atoms with van der Waals surface area (Å²) in [5.74, 6) is 0.594. The fourth-order valence-corrected chi connectivity index (χ4v) is 1.59. The zero-order chi connectivity index (χ0) is 13.7. The Morgan fingerprint density at radius 3 is 3.11 bits per heavy atom. The maximum Gasteiger partial charge on any atom is 0.340 e. The molecule has 0 fully saturated rings. The normalized spacial score (nSPS) is 10.2. The number of carbonyl (C=O) groups is 1. The van der Waals surface area contributed by atoms with Gasteiger partial charge < -0.3 is 20.2 Å². The first-order valence-electron chi connectivity index (χ1n) is 5.89. The molecule has 0 amide bonds. The highest BCUT2D eigenvalue weighted by Gasteiger charge is 2.13. The lowest BCUT2D eigenvalue weighted by atomic mass is 10.2. The molecule has 0 aromatic carbocycles. The van der Waals surface area contributed by atoms with Crippen molar-refractivity contribution in [2.75, 3.05) is 17.7 Å². The van der Waals surface area contributed by atoms with E-state index in [4.69, 9.17) is 14.9 Å². The number of carbonyl (C=O) groups excluding carboxylic acids is 1. The quantitative estimate of drug-likeness (QED) is 0.800. The summed E-state index contributed by atoms with van der Waals surface area (Å²) in [6.07, 6.45) is 3.09. The molecule has 0 saturated heterocycles. The van der Waals surface area contributed by atoms with Crippen LogP contribution in [-0.2, 0) is 11.3 Å². The molecule has 6 nitrogen and oxygen atoms in total. The van der Waals surface area contributed by atoms with E-state index in [1.165, 1.54) is 12.3 Å². The molecule has 0 spiro atoms. The lowest BCUT2D eigenvalue weighted by molar-refractivity contribution is 0.0527. The maximum absolute atomic E-state index is 11.8. The second-order valence-corrected chi connectivity index (χ2v) is 3.81. The van der Waals surface area contributed by atoms with Crippen LogP contribution >= 0.6 is 0 Å². The molecule has 100 valence electrons. The number of nitrogen functional groups attached to an aromatic ring is 1. The number of nitrogens with two attached hydrogens (primary N) is 1.